The summed E-state index contributed by atoms with van der Waals surface area (Å²) in [5.41, 5.74) is 0.430. The van der Waals surface area contributed by atoms with Crippen molar-refractivity contribution in [2.75, 3.05) is 6.61 Å². The number of ether oxygens (including phenoxy) is 3. The SMILES string of the molecule is CC(=O)OC[C@@H]1O[C@]2(Cc3c(cc(O)c4c(=O)cc(-c5ccc(O)cc5)oc34)O2)[C@H](O)[C@H]1O. The fourth-order valence-corrected chi connectivity index (χ4v) is 4.26. The zero-order valence-corrected chi connectivity index (χ0v) is 17.3. The van der Waals surface area contributed by atoms with Crippen LogP contribution in [0.5, 0.6) is 17.2 Å². The van der Waals surface area contributed by atoms with E-state index in [9.17, 15) is 30.0 Å². The molecule has 10 nitrogen and oxygen atoms in total. The van der Waals surface area contributed by atoms with Gasteiger partial charge in [-0.05, 0) is 24.3 Å². The average Bonchev–Trinajstić information content (AvgIpc) is 3.25. The van der Waals surface area contributed by atoms with Crippen LogP contribution in [-0.4, -0.2) is 57.1 Å². The van der Waals surface area contributed by atoms with Gasteiger partial charge >= 0.3 is 5.97 Å². The first kappa shape index (κ1) is 21.3. The molecule has 3 heterocycles. The molecule has 1 saturated heterocycles. The number of phenols is 2. The van der Waals surface area contributed by atoms with E-state index in [4.69, 9.17) is 18.6 Å². The minimum atomic E-state index is -1.72. The topological polar surface area (TPSA) is 156 Å². The summed E-state index contributed by atoms with van der Waals surface area (Å²) in [6.45, 7) is 0.916. The molecule has 0 saturated carbocycles. The maximum absolute atomic E-state index is 12.8. The van der Waals surface area contributed by atoms with Crippen LogP contribution in [0.1, 0.15) is 12.5 Å². The molecule has 4 N–H and O–H groups in total. The van der Waals surface area contributed by atoms with Gasteiger partial charge in [-0.15, -0.1) is 0 Å². The predicted octanol–water partition coefficient (Wildman–Crippen LogP) is 1.19. The fraction of sp³-hybridized carbons (Fsp3) is 0.304. The van der Waals surface area contributed by atoms with Crippen molar-refractivity contribution < 1.29 is 43.8 Å². The van der Waals surface area contributed by atoms with E-state index in [1.54, 1.807) is 12.1 Å². The summed E-state index contributed by atoms with van der Waals surface area (Å²) in [6.07, 6.45) is -4.05. The maximum atomic E-state index is 12.8. The Morgan fingerprint density at radius 2 is 1.91 bits per heavy atom. The van der Waals surface area contributed by atoms with Crippen molar-refractivity contribution in [2.45, 2.75) is 37.4 Å². The van der Waals surface area contributed by atoms with Crippen LogP contribution < -0.4 is 10.2 Å². The van der Waals surface area contributed by atoms with Crippen LogP contribution in [0.15, 0.2) is 45.6 Å². The van der Waals surface area contributed by atoms with Gasteiger partial charge in [0.05, 0.1) is 0 Å². The number of aliphatic hydroxyl groups is 2. The number of fused-ring (bicyclic) bond motifs is 3. The summed E-state index contributed by atoms with van der Waals surface area (Å²) >= 11 is 0. The number of aromatic hydroxyl groups is 2. The number of carbonyl (C=O) groups is 1. The minimum Gasteiger partial charge on any atom is -0.508 e. The lowest BCUT2D eigenvalue weighted by Gasteiger charge is -2.26. The van der Waals surface area contributed by atoms with Crippen LogP contribution in [0.4, 0.5) is 0 Å². The highest BCUT2D eigenvalue weighted by Crippen LogP contribution is 2.48. The first-order valence-electron chi connectivity index (χ1n) is 10.2. The highest BCUT2D eigenvalue weighted by atomic mass is 16.7. The van der Waals surface area contributed by atoms with Gasteiger partial charge in [0.25, 0.3) is 0 Å². The van der Waals surface area contributed by atoms with Crippen LogP contribution >= 0.6 is 0 Å². The molecule has 2 aliphatic heterocycles. The quantitative estimate of drug-likeness (QED) is 0.422. The molecule has 1 fully saturated rings. The van der Waals surface area contributed by atoms with E-state index < -0.39 is 35.5 Å². The van der Waals surface area contributed by atoms with Crippen molar-refractivity contribution in [3.63, 3.8) is 0 Å². The summed E-state index contributed by atoms with van der Waals surface area (Å²) in [5.74, 6) is -2.31. The molecule has 0 aliphatic carbocycles. The molecule has 0 radical (unpaired) electrons. The lowest BCUT2D eigenvalue weighted by molar-refractivity contribution is -0.202. The summed E-state index contributed by atoms with van der Waals surface area (Å²) in [5, 5.41) is 41.0. The Morgan fingerprint density at radius 1 is 1.18 bits per heavy atom. The third-order valence-electron chi connectivity index (χ3n) is 5.86. The molecule has 0 unspecified atom stereocenters. The van der Waals surface area contributed by atoms with Gasteiger partial charge in [-0.1, -0.05) is 0 Å². The largest absolute Gasteiger partial charge is 0.508 e. The zero-order valence-electron chi connectivity index (χ0n) is 17.3. The Kier molecular flexibility index (Phi) is 4.82. The Hall–Kier alpha value is -3.60. The third kappa shape index (κ3) is 3.39. The van der Waals surface area contributed by atoms with Gasteiger partial charge < -0.3 is 39.1 Å². The Bertz CT molecular complexity index is 1310. The molecule has 172 valence electrons. The first-order chi connectivity index (χ1) is 15.7. The molecule has 33 heavy (non-hydrogen) atoms. The van der Waals surface area contributed by atoms with Crippen molar-refractivity contribution in [3.8, 4) is 28.6 Å². The van der Waals surface area contributed by atoms with Crippen molar-refractivity contribution in [1.82, 2.24) is 0 Å². The van der Waals surface area contributed by atoms with E-state index in [2.05, 4.69) is 0 Å². The van der Waals surface area contributed by atoms with Gasteiger partial charge in [0, 0.05) is 36.6 Å². The standard InChI is InChI=1S/C23H20O10/c1-10(24)30-9-18-20(28)22(29)23(33-18)8-13-17(32-23)7-15(27)19-14(26)6-16(31-21(13)19)11-2-4-12(25)5-3-11/h2-7,18,20,22,25,27-29H,8-9H2,1H3/t18-,20-,22+,23+/m0/s1. The molecule has 2 aromatic carbocycles. The van der Waals surface area contributed by atoms with Gasteiger partial charge in [-0.3, -0.25) is 9.59 Å². The van der Waals surface area contributed by atoms with E-state index in [1.807, 2.05) is 0 Å². The van der Waals surface area contributed by atoms with Crippen molar-refractivity contribution in [1.29, 1.82) is 0 Å². The third-order valence-corrected chi connectivity index (χ3v) is 5.86. The molecule has 4 atom stereocenters. The molecule has 0 amide bonds. The molecule has 2 aliphatic rings. The monoisotopic (exact) mass is 456 g/mol. The van der Waals surface area contributed by atoms with E-state index in [0.29, 0.717) is 11.1 Å². The van der Waals surface area contributed by atoms with Gasteiger partial charge in [-0.2, -0.15) is 0 Å². The second-order valence-electron chi connectivity index (χ2n) is 8.08. The van der Waals surface area contributed by atoms with Crippen LogP contribution in [-0.2, 0) is 20.7 Å². The van der Waals surface area contributed by atoms with Crippen LogP contribution in [0.3, 0.4) is 0 Å². The van der Waals surface area contributed by atoms with Crippen LogP contribution in [0.2, 0.25) is 0 Å². The van der Waals surface area contributed by atoms with Crippen molar-refractivity contribution in [2.24, 2.45) is 0 Å². The average molecular weight is 456 g/mol. The number of aliphatic hydroxyl groups excluding tert-OH is 2. The second-order valence-corrected chi connectivity index (χ2v) is 8.08. The number of carbonyl (C=O) groups excluding carboxylic acids is 1. The van der Waals surface area contributed by atoms with Crippen molar-refractivity contribution >= 4 is 16.9 Å². The number of hydrogen-bond acceptors (Lipinski definition) is 10. The zero-order chi connectivity index (χ0) is 23.5. The number of rotatable bonds is 3. The van der Waals surface area contributed by atoms with Crippen LogP contribution in [0.25, 0.3) is 22.3 Å². The minimum absolute atomic E-state index is 0.0463. The van der Waals surface area contributed by atoms with Gasteiger partial charge in [-0.25, -0.2) is 0 Å². The predicted molar refractivity (Wildman–Crippen MR) is 112 cm³/mol. The molecular weight excluding hydrogens is 436 g/mol. The molecular formula is C23H20O10. The normalized spacial score (nSPS) is 25.8. The molecule has 5 rings (SSSR count). The summed E-state index contributed by atoms with van der Waals surface area (Å²) < 4.78 is 22.5. The number of benzene rings is 2. The fourth-order valence-electron chi connectivity index (χ4n) is 4.26. The molecule has 0 bridgehead atoms. The lowest BCUT2D eigenvalue weighted by atomic mass is 9.98. The number of phenolic OH excluding ortho intramolecular Hbond substituents is 2. The molecule has 1 spiro atoms. The highest BCUT2D eigenvalue weighted by molar-refractivity contribution is 5.90. The summed E-state index contributed by atoms with van der Waals surface area (Å²) in [7, 11) is 0. The van der Waals surface area contributed by atoms with Gasteiger partial charge in [0.15, 0.2) is 5.43 Å². The van der Waals surface area contributed by atoms with Gasteiger partial charge in [0.1, 0.15) is 58.9 Å². The Morgan fingerprint density at radius 3 is 2.61 bits per heavy atom. The van der Waals surface area contributed by atoms with Gasteiger partial charge in [0.2, 0.25) is 5.79 Å². The van der Waals surface area contributed by atoms with Crippen molar-refractivity contribution in [3.05, 3.63) is 52.2 Å². The number of hydrogen-bond donors (Lipinski definition) is 4. The van der Waals surface area contributed by atoms with E-state index in [1.165, 1.54) is 31.2 Å². The smallest absolute Gasteiger partial charge is 0.302 e. The van der Waals surface area contributed by atoms with Crippen LogP contribution in [0, 0.1) is 0 Å². The van der Waals surface area contributed by atoms with E-state index in [0.717, 1.165) is 0 Å². The van der Waals surface area contributed by atoms with E-state index in [-0.39, 0.29) is 47.0 Å². The molecule has 10 heteroatoms. The lowest BCUT2D eigenvalue weighted by Crippen LogP contribution is -2.47. The second kappa shape index (κ2) is 7.48. The number of esters is 1. The molecule has 1 aromatic heterocycles. The first-order valence-corrected chi connectivity index (χ1v) is 10.2. The Balaban J connectivity index is 1.58. The highest BCUT2D eigenvalue weighted by Gasteiger charge is 2.60. The van der Waals surface area contributed by atoms with E-state index >= 15 is 0 Å². The maximum Gasteiger partial charge on any atom is 0.302 e. The Labute approximate surface area is 186 Å². The molecule has 3 aromatic rings. The summed E-state index contributed by atoms with van der Waals surface area (Å²) in [4.78, 5) is 23.9. The summed E-state index contributed by atoms with van der Waals surface area (Å²) in [6, 6.07) is 8.48.